The lowest BCUT2D eigenvalue weighted by molar-refractivity contribution is 0.425. The Hall–Kier alpha value is -7.28. The molecule has 4 aromatic carbocycles. The van der Waals surface area contributed by atoms with Crippen LogP contribution in [0.5, 0.6) is 0 Å². The predicted molar refractivity (Wildman–Crippen MR) is 239 cm³/mol. The van der Waals surface area contributed by atoms with Crippen LogP contribution in [0.1, 0.15) is 18.6 Å². The molecule has 0 radical (unpaired) electrons. The van der Waals surface area contributed by atoms with Crippen LogP contribution in [0.2, 0.25) is 0 Å². The first-order valence-electron chi connectivity index (χ1n) is 18.6. The smallest absolute Gasteiger partial charge is 0.423 e. The van der Waals surface area contributed by atoms with Crippen molar-refractivity contribution in [2.75, 3.05) is 0 Å². The molecule has 0 aliphatic rings. The van der Waals surface area contributed by atoms with Crippen molar-refractivity contribution in [3.63, 3.8) is 0 Å². The van der Waals surface area contributed by atoms with Gasteiger partial charge in [-0.2, -0.15) is 0 Å². The van der Waals surface area contributed by atoms with Gasteiger partial charge in [0.25, 0.3) is 0 Å². The molecule has 0 saturated heterocycles. The predicted octanol–water partition coefficient (Wildman–Crippen LogP) is 8.08. The number of pyridine rings is 4. The monoisotopic (exact) mass is 916 g/mol. The molecule has 0 atom stereocenters. The summed E-state index contributed by atoms with van der Waals surface area (Å²) in [6.45, 7) is 3.53. The fourth-order valence-electron chi connectivity index (χ4n) is 6.59. The number of para-hydroxylation sites is 2. The third kappa shape index (κ3) is 8.90. The summed E-state index contributed by atoms with van der Waals surface area (Å²) in [5.74, 6) is -3.00. The number of benzene rings is 4. The van der Waals surface area contributed by atoms with Gasteiger partial charge in [0.1, 0.15) is 0 Å². The summed E-state index contributed by atoms with van der Waals surface area (Å²) in [7, 11) is -1.76. The van der Waals surface area contributed by atoms with E-state index < -0.39 is 30.4 Å². The topological polar surface area (TPSA) is 167 Å². The van der Waals surface area contributed by atoms with Gasteiger partial charge in [-0.3, -0.25) is 9.59 Å². The summed E-state index contributed by atoms with van der Waals surface area (Å²) < 4.78 is 55.5. The summed E-state index contributed by atoms with van der Waals surface area (Å²) >= 11 is 3.41. The Morgan fingerprint density at radius 1 is 0.587 bits per heavy atom. The van der Waals surface area contributed by atoms with Gasteiger partial charge in [0, 0.05) is 55.4 Å². The minimum Gasteiger partial charge on any atom is -0.423 e. The number of hydrogen-bond donors (Lipinski definition) is 4. The minimum atomic E-state index is -1.76. The lowest BCUT2D eigenvalue weighted by atomic mass is 9.80. The van der Waals surface area contributed by atoms with Crippen molar-refractivity contribution in [3.05, 3.63) is 181 Å². The number of H-pyrrole nitrogens is 2. The van der Waals surface area contributed by atoms with Crippen molar-refractivity contribution in [1.29, 1.82) is 0 Å². The maximum Gasteiger partial charge on any atom is 0.488 e. The molecule has 316 valence electrons. The Balaban J connectivity index is 0.000000155. The zero-order valence-electron chi connectivity index (χ0n) is 32.4. The van der Waals surface area contributed by atoms with Crippen molar-refractivity contribution in [2.45, 2.75) is 21.3 Å². The standard InChI is InChI=1S/C22H14F2N4O.C16H11BrN4O.C6H5BF2O2.CH4/c1-12-20(25-18-5-3-2-4-15(18)21(12)29)22-26-19-9-7-14(11-28(19)27-22)13-6-8-16(23)17(24)10-13;1-9-14(18-12-5-3-2-4-11(12)15(9)22)16-19-13-7-6-10(17)8-21(13)20-16;8-5-2-1-4(7(10)11)3-6(5)9;/h2-11H,1H3,(H,25,29);2-8H,1H3,(H,18,22);1-3,10-11H;1H4. The molecule has 6 aromatic heterocycles. The van der Waals surface area contributed by atoms with Gasteiger partial charge in [-0.05, 0) is 114 Å². The molecule has 6 heterocycles. The molecular weight excluding hydrogens is 883 g/mol. The second kappa shape index (κ2) is 18.0. The Morgan fingerprint density at radius 2 is 1.06 bits per heavy atom. The van der Waals surface area contributed by atoms with Crippen LogP contribution in [-0.4, -0.2) is 56.3 Å². The maximum atomic E-state index is 13.6. The van der Waals surface area contributed by atoms with Crippen LogP contribution < -0.4 is 16.3 Å². The fourth-order valence-corrected chi connectivity index (χ4v) is 6.91. The molecule has 4 N–H and O–H groups in total. The second-order valence-corrected chi connectivity index (χ2v) is 14.8. The molecule has 0 amide bonds. The van der Waals surface area contributed by atoms with Gasteiger partial charge in [-0.25, -0.2) is 36.6 Å². The summed E-state index contributed by atoms with van der Waals surface area (Å²) in [5, 5.41) is 27.2. The molecular formula is C45H34BBrF4N8O4. The lowest BCUT2D eigenvalue weighted by Gasteiger charge is -2.04. The van der Waals surface area contributed by atoms with Gasteiger partial charge in [0.15, 0.2) is 57.1 Å². The highest BCUT2D eigenvalue weighted by Crippen LogP contribution is 2.25. The molecule has 10 aromatic rings. The van der Waals surface area contributed by atoms with Crippen LogP contribution in [0.4, 0.5) is 17.6 Å². The fraction of sp³-hybridized carbons (Fsp3) is 0.0667. The van der Waals surface area contributed by atoms with Crippen molar-refractivity contribution >= 4 is 61.6 Å². The lowest BCUT2D eigenvalue weighted by Crippen LogP contribution is -2.30. The minimum absolute atomic E-state index is 0. The van der Waals surface area contributed by atoms with Gasteiger partial charge >= 0.3 is 7.12 Å². The molecule has 0 bridgehead atoms. The third-order valence-corrected chi connectivity index (χ3v) is 10.3. The molecule has 10 rings (SSSR count). The zero-order chi connectivity index (χ0) is 43.8. The van der Waals surface area contributed by atoms with E-state index >= 15 is 0 Å². The molecule has 0 aliphatic carbocycles. The van der Waals surface area contributed by atoms with Crippen molar-refractivity contribution in [3.8, 4) is 34.2 Å². The normalized spacial score (nSPS) is 10.9. The molecule has 18 heteroatoms. The van der Waals surface area contributed by atoms with Crippen LogP contribution in [-0.2, 0) is 0 Å². The van der Waals surface area contributed by atoms with Crippen LogP contribution in [0.3, 0.4) is 0 Å². The number of nitrogens with zero attached hydrogens (tertiary/aromatic N) is 6. The van der Waals surface area contributed by atoms with E-state index in [1.165, 1.54) is 6.07 Å². The summed E-state index contributed by atoms with van der Waals surface area (Å²) in [4.78, 5) is 40.7. The average Bonchev–Trinajstić information content (AvgIpc) is 3.89. The summed E-state index contributed by atoms with van der Waals surface area (Å²) in [6.07, 6.45) is 3.52. The number of fused-ring (bicyclic) bond motifs is 4. The summed E-state index contributed by atoms with van der Waals surface area (Å²) in [6, 6.07) is 28.4. The second-order valence-electron chi connectivity index (χ2n) is 13.9. The van der Waals surface area contributed by atoms with Crippen LogP contribution >= 0.6 is 15.9 Å². The number of hydrogen-bond acceptors (Lipinski definition) is 8. The SMILES string of the molecule is C.Cc1c(-c2nc3ccc(-c4ccc(F)c(F)c4)cn3n2)[nH]c2ccccc2c1=O.Cc1c(-c2nc3ccc(Br)cn3n2)[nH]c2ccccc2c1=O.OB(O)c1ccc(F)c(F)c1. The molecule has 0 saturated carbocycles. The van der Waals surface area contributed by atoms with Gasteiger partial charge < -0.3 is 20.0 Å². The van der Waals surface area contributed by atoms with E-state index in [4.69, 9.17) is 10.0 Å². The van der Waals surface area contributed by atoms with Gasteiger partial charge in [0.2, 0.25) is 0 Å². The molecule has 0 aliphatic heterocycles. The van der Waals surface area contributed by atoms with E-state index in [1.807, 2.05) is 60.8 Å². The van der Waals surface area contributed by atoms with Gasteiger partial charge in [-0.15, -0.1) is 10.2 Å². The number of rotatable bonds is 4. The number of aromatic nitrogens is 8. The highest BCUT2D eigenvalue weighted by molar-refractivity contribution is 9.10. The molecule has 0 fully saturated rings. The number of nitrogens with one attached hydrogen (secondary N) is 2. The Labute approximate surface area is 363 Å². The van der Waals surface area contributed by atoms with E-state index in [2.05, 4.69) is 46.1 Å². The van der Waals surface area contributed by atoms with E-state index in [9.17, 15) is 27.2 Å². The highest BCUT2D eigenvalue weighted by atomic mass is 79.9. The van der Waals surface area contributed by atoms with Crippen molar-refractivity contribution in [2.24, 2.45) is 0 Å². The molecule has 0 unspecified atom stereocenters. The largest absolute Gasteiger partial charge is 0.488 e. The highest BCUT2D eigenvalue weighted by Gasteiger charge is 2.17. The Bertz CT molecular complexity index is 3470. The van der Waals surface area contributed by atoms with Crippen molar-refractivity contribution in [1.82, 2.24) is 39.2 Å². The Morgan fingerprint density at radius 3 is 1.59 bits per heavy atom. The summed E-state index contributed by atoms with van der Waals surface area (Å²) in [5.41, 5.74) is 6.20. The van der Waals surface area contributed by atoms with E-state index in [0.29, 0.717) is 67.2 Å². The zero-order valence-corrected chi connectivity index (χ0v) is 34.0. The molecule has 63 heavy (non-hydrogen) atoms. The first-order valence-corrected chi connectivity index (χ1v) is 19.4. The van der Waals surface area contributed by atoms with Crippen LogP contribution in [0, 0.1) is 37.1 Å². The number of aromatic amines is 2. The first kappa shape index (κ1) is 43.8. The molecule has 0 spiro atoms. The van der Waals surface area contributed by atoms with Gasteiger partial charge in [-0.1, -0.05) is 43.8 Å². The van der Waals surface area contributed by atoms with E-state index in [-0.39, 0.29) is 23.7 Å². The molecule has 12 nitrogen and oxygen atoms in total. The first-order chi connectivity index (χ1) is 29.7. The van der Waals surface area contributed by atoms with Crippen molar-refractivity contribution < 1.29 is 27.6 Å². The van der Waals surface area contributed by atoms with Gasteiger partial charge in [0.05, 0.1) is 11.4 Å². The Kier molecular flexibility index (Phi) is 12.5. The van der Waals surface area contributed by atoms with E-state index in [0.717, 1.165) is 46.0 Å². The maximum absolute atomic E-state index is 13.6. The third-order valence-electron chi connectivity index (χ3n) is 9.86. The van der Waals surface area contributed by atoms with Crippen LogP contribution in [0.25, 0.3) is 67.3 Å². The quantitative estimate of drug-likeness (QED) is 0.102. The van der Waals surface area contributed by atoms with E-state index in [1.54, 1.807) is 47.3 Å². The van der Waals surface area contributed by atoms with Crippen LogP contribution in [0.15, 0.2) is 136 Å². The number of halogens is 5. The average molecular weight is 918 g/mol.